The molecule has 8 heterocycles. The molecule has 111 heavy (non-hydrogen) atoms. The molecule has 0 spiro atoms. The van der Waals surface area contributed by atoms with Gasteiger partial charge < -0.3 is 14.0 Å². The minimum Gasteiger partial charge on any atom is -0.509 e. The average molecular weight is 1680 g/mol. The molecule has 14 heteroatoms. The van der Waals surface area contributed by atoms with E-state index in [0.717, 1.165) is 128 Å². The summed E-state index contributed by atoms with van der Waals surface area (Å²) in [7, 11) is 0. The van der Waals surface area contributed by atoms with E-state index in [1.54, 1.807) is 6.20 Å². The molecule has 8 aromatic heterocycles. The van der Waals surface area contributed by atoms with Crippen molar-refractivity contribution in [3.8, 4) is 96.3 Å². The van der Waals surface area contributed by atoms with E-state index >= 15 is 0 Å². The zero-order valence-electron chi connectivity index (χ0n) is 60.9. The first kappa shape index (κ1) is 70.6. The maximum atomic E-state index is 6.48. The molecule has 0 unspecified atom stereocenters. The quantitative estimate of drug-likeness (QED) is 0.106. The number of para-hydroxylation sites is 3. The molecule has 0 N–H and O–H groups in total. The number of hydrogen-bond acceptors (Lipinski definition) is 7. The van der Waals surface area contributed by atoms with Gasteiger partial charge in [-0.15, -0.1) is 35.7 Å². The first-order chi connectivity index (χ1) is 54.1. The standard InChI is InChI=1S/C40H30N4O.C40H28N4O.C17H11BrN2.Pt/c2*1-27-40(31-20-18-30(19-21-31)29-11-4-3-5-12-29)28(2)44(42-27)32-13-10-14-33(25-32)45-34-22-23-36-35-15-6-7-16-37(35)43(38(36)26-34)39-17-8-9-24-41-39;18-12-8-9-14-13-5-1-2-6-15(13)20(16(14)11-12)17-7-3-4-10-19-17;/h3-26H,1-2H3;3-24H,1-2H3;1-11H;/q;-2;;+2. The molecule has 0 aliphatic heterocycles. The molecular formula is C97H69BrN10O2Pt. The van der Waals surface area contributed by atoms with Gasteiger partial charge in [-0.25, -0.2) is 19.6 Å². The van der Waals surface area contributed by atoms with Crippen LogP contribution in [0.25, 0.3) is 139 Å². The van der Waals surface area contributed by atoms with E-state index in [2.05, 4.69) is 291 Å². The summed E-state index contributed by atoms with van der Waals surface area (Å²) in [4.78, 5) is 13.8. The summed E-state index contributed by atoms with van der Waals surface area (Å²) >= 11 is 3.56. The Morgan fingerprint density at radius 2 is 0.730 bits per heavy atom. The Morgan fingerprint density at radius 3 is 1.29 bits per heavy atom. The molecule has 0 radical (unpaired) electrons. The number of aryl methyl sites for hydroxylation is 2. The van der Waals surface area contributed by atoms with Crippen LogP contribution in [0.5, 0.6) is 23.0 Å². The van der Waals surface area contributed by atoms with Crippen molar-refractivity contribution in [2.24, 2.45) is 0 Å². The summed E-state index contributed by atoms with van der Waals surface area (Å²) in [6, 6.07) is 119. The molecule has 0 aliphatic carbocycles. The minimum absolute atomic E-state index is 0. The molecule has 12 aromatic carbocycles. The fourth-order valence-electron chi connectivity index (χ4n) is 15.2. The van der Waals surface area contributed by atoms with Gasteiger partial charge in [0, 0.05) is 96.3 Å². The Balaban J connectivity index is 0.000000129. The second-order valence-electron chi connectivity index (χ2n) is 27.0. The Bertz CT molecular complexity index is 6430. The van der Waals surface area contributed by atoms with Crippen LogP contribution in [0.2, 0.25) is 0 Å². The van der Waals surface area contributed by atoms with Gasteiger partial charge in [0.25, 0.3) is 0 Å². The van der Waals surface area contributed by atoms with Crippen LogP contribution >= 0.6 is 15.9 Å². The number of pyridine rings is 3. The van der Waals surface area contributed by atoms with Crippen molar-refractivity contribution in [1.82, 2.24) is 48.2 Å². The van der Waals surface area contributed by atoms with Crippen molar-refractivity contribution in [3.63, 3.8) is 0 Å². The summed E-state index contributed by atoms with van der Waals surface area (Å²) in [5.74, 6) is 5.34. The van der Waals surface area contributed by atoms with Crippen LogP contribution in [0.15, 0.2) is 351 Å². The third-order valence-electron chi connectivity index (χ3n) is 20.1. The molecule has 0 saturated carbocycles. The molecule has 536 valence electrons. The van der Waals surface area contributed by atoms with Crippen molar-refractivity contribution in [2.45, 2.75) is 27.7 Å². The number of fused-ring (bicyclic) bond motifs is 9. The van der Waals surface area contributed by atoms with Crippen molar-refractivity contribution in [3.05, 3.63) is 386 Å². The fourth-order valence-corrected chi connectivity index (χ4v) is 15.5. The van der Waals surface area contributed by atoms with Crippen LogP contribution in [0.3, 0.4) is 0 Å². The van der Waals surface area contributed by atoms with Crippen molar-refractivity contribution >= 4 is 81.3 Å². The normalized spacial score (nSPS) is 11.2. The number of halogens is 1. The average Bonchev–Trinajstić information content (AvgIpc) is 1.61. The molecule has 0 fully saturated rings. The Kier molecular flexibility index (Phi) is 19.6. The summed E-state index contributed by atoms with van der Waals surface area (Å²) in [6.07, 6.45) is 5.46. The zero-order chi connectivity index (χ0) is 74.2. The van der Waals surface area contributed by atoms with Gasteiger partial charge in [0.05, 0.1) is 39.1 Å². The first-order valence-corrected chi connectivity index (χ1v) is 37.3. The number of rotatable bonds is 13. The molecule has 0 amide bonds. The predicted molar refractivity (Wildman–Crippen MR) is 449 cm³/mol. The molecule has 20 rings (SSSR count). The van der Waals surface area contributed by atoms with Crippen LogP contribution in [0.4, 0.5) is 0 Å². The molecular weight excluding hydrogens is 1610 g/mol. The van der Waals surface area contributed by atoms with E-state index in [0.29, 0.717) is 11.5 Å². The zero-order valence-corrected chi connectivity index (χ0v) is 64.7. The van der Waals surface area contributed by atoms with Crippen LogP contribution in [0.1, 0.15) is 22.8 Å². The minimum atomic E-state index is 0. The fraction of sp³-hybridized carbons (Fsp3) is 0.0412. The number of benzene rings is 12. The van der Waals surface area contributed by atoms with Crippen LogP contribution in [-0.2, 0) is 21.1 Å². The smallest absolute Gasteiger partial charge is 0.509 e. The molecule has 0 atom stereocenters. The summed E-state index contributed by atoms with van der Waals surface area (Å²) in [5, 5.41) is 16.9. The van der Waals surface area contributed by atoms with Gasteiger partial charge in [0.2, 0.25) is 0 Å². The Labute approximate surface area is 664 Å². The van der Waals surface area contributed by atoms with Gasteiger partial charge in [-0.1, -0.05) is 216 Å². The SMILES string of the molecule is Brc1ccc2c3ccccc3n(-c3ccccn3)c2c1.Cc1nn(-c2[c-]c(Oc3[c-]c4c(cc3)c3ccccc3n4-c3ccccn3)ccc2)c(C)c1-c1ccc(-c2ccccc2)cc1.Cc1nn(-c2cccc(Oc3ccc4c5ccccc5n(-c5ccccn5)c4c3)c2)c(C)c1-c1ccc(-c2ccccc2)cc1.[Pt+2]. The second-order valence-corrected chi connectivity index (χ2v) is 27.9. The number of ether oxygens (including phenoxy) is 2. The largest absolute Gasteiger partial charge is 2.00 e. The third-order valence-corrected chi connectivity index (χ3v) is 20.6. The van der Waals surface area contributed by atoms with Crippen LogP contribution in [0, 0.1) is 39.8 Å². The maximum absolute atomic E-state index is 6.48. The third kappa shape index (κ3) is 13.8. The van der Waals surface area contributed by atoms with Crippen molar-refractivity contribution in [1.29, 1.82) is 0 Å². The van der Waals surface area contributed by atoms with Gasteiger partial charge >= 0.3 is 21.1 Å². The Hall–Kier alpha value is -13.3. The van der Waals surface area contributed by atoms with E-state index in [1.165, 1.54) is 49.4 Å². The van der Waals surface area contributed by atoms with Gasteiger partial charge in [0.1, 0.15) is 29.0 Å². The summed E-state index contributed by atoms with van der Waals surface area (Å²) in [6.45, 7) is 8.34. The molecule has 0 aliphatic rings. The summed E-state index contributed by atoms with van der Waals surface area (Å²) in [5.41, 5.74) is 21.7. The number of aromatic nitrogens is 10. The van der Waals surface area contributed by atoms with Gasteiger partial charge in [0.15, 0.2) is 0 Å². The van der Waals surface area contributed by atoms with Gasteiger partial charge in [-0.3, -0.25) is 13.8 Å². The number of nitrogens with zero attached hydrogens (tertiary/aromatic N) is 10. The topological polar surface area (TPSA) is 108 Å². The monoisotopic (exact) mass is 1680 g/mol. The van der Waals surface area contributed by atoms with Gasteiger partial charge in [-0.05, 0) is 163 Å². The van der Waals surface area contributed by atoms with E-state index < -0.39 is 0 Å². The second kappa shape index (κ2) is 30.7. The van der Waals surface area contributed by atoms with Crippen molar-refractivity contribution < 1.29 is 30.5 Å². The Morgan fingerprint density at radius 1 is 0.306 bits per heavy atom. The van der Waals surface area contributed by atoms with E-state index in [-0.39, 0.29) is 21.1 Å². The predicted octanol–water partition coefficient (Wildman–Crippen LogP) is 24.8. The van der Waals surface area contributed by atoms with Gasteiger partial charge in [-0.2, -0.15) is 22.3 Å². The van der Waals surface area contributed by atoms with E-state index in [1.807, 2.05) is 143 Å². The molecule has 12 nitrogen and oxygen atoms in total. The van der Waals surface area contributed by atoms with E-state index in [4.69, 9.17) is 19.7 Å². The molecule has 0 saturated heterocycles. The first-order valence-electron chi connectivity index (χ1n) is 36.5. The maximum Gasteiger partial charge on any atom is 2.00 e. The van der Waals surface area contributed by atoms with Crippen molar-refractivity contribution in [2.75, 3.05) is 0 Å². The van der Waals surface area contributed by atoms with Crippen LogP contribution in [-0.4, -0.2) is 48.2 Å². The number of hydrogen-bond donors (Lipinski definition) is 0. The van der Waals surface area contributed by atoms with E-state index in [9.17, 15) is 0 Å². The molecule has 0 bridgehead atoms. The molecule has 20 aromatic rings. The summed E-state index contributed by atoms with van der Waals surface area (Å²) < 4.78 is 24.4. The van der Waals surface area contributed by atoms with Crippen LogP contribution < -0.4 is 9.47 Å².